The first kappa shape index (κ1) is 37.0. The van der Waals surface area contributed by atoms with Crippen LogP contribution in [0.3, 0.4) is 0 Å². The third kappa shape index (κ3) is 9.12. The number of benzene rings is 4. The highest BCUT2D eigenvalue weighted by molar-refractivity contribution is 6.01. The van der Waals surface area contributed by atoms with E-state index in [1.165, 1.54) is 7.11 Å². The van der Waals surface area contributed by atoms with Crippen molar-refractivity contribution >= 4 is 23.7 Å². The van der Waals surface area contributed by atoms with Crippen LogP contribution >= 0.6 is 0 Å². The van der Waals surface area contributed by atoms with Gasteiger partial charge in [-0.1, -0.05) is 30.4 Å². The number of aliphatic hydroxyl groups excluding tert-OH is 3. The Hall–Kier alpha value is -5.23. The molecule has 0 aromatic heterocycles. The van der Waals surface area contributed by atoms with Gasteiger partial charge in [-0.05, 0) is 96.5 Å². The van der Waals surface area contributed by atoms with Gasteiger partial charge in [0.1, 0.15) is 17.7 Å². The average molecular weight is 699 g/mol. The third-order valence-corrected chi connectivity index (χ3v) is 8.70. The minimum Gasteiger partial charge on any atom is -0.496 e. The molecule has 1 aliphatic rings. The van der Waals surface area contributed by atoms with Crippen molar-refractivity contribution in [3.05, 3.63) is 106 Å². The van der Waals surface area contributed by atoms with E-state index in [0.29, 0.717) is 64.2 Å². The number of aliphatic hydroxyl groups is 3. The number of amides is 1. The second-order valence-corrected chi connectivity index (χ2v) is 12.0. The van der Waals surface area contributed by atoms with Gasteiger partial charge in [-0.25, -0.2) is 0 Å². The first-order chi connectivity index (χ1) is 24.9. The van der Waals surface area contributed by atoms with Crippen molar-refractivity contribution < 1.29 is 43.8 Å². The zero-order valence-corrected chi connectivity index (χ0v) is 29.2. The molecule has 4 aromatic carbocycles. The van der Waals surface area contributed by atoms with E-state index in [2.05, 4.69) is 10.6 Å². The van der Waals surface area contributed by atoms with Crippen molar-refractivity contribution in [2.75, 3.05) is 39.9 Å². The summed E-state index contributed by atoms with van der Waals surface area (Å²) in [6, 6.07) is 20.3. The van der Waals surface area contributed by atoms with Crippen LogP contribution in [-0.4, -0.2) is 55.8 Å². The molecule has 1 aliphatic heterocycles. The summed E-state index contributed by atoms with van der Waals surface area (Å²) in [4.78, 5) is 12.6. The number of hydrogen-bond donors (Lipinski definition) is 5. The van der Waals surface area contributed by atoms with E-state index < -0.39 is 6.17 Å². The number of carbonyl (C=O) groups is 1. The van der Waals surface area contributed by atoms with E-state index >= 15 is 0 Å². The molecule has 5 N–H and O–H groups in total. The summed E-state index contributed by atoms with van der Waals surface area (Å²) in [6.07, 6.45) is 6.92. The fraction of sp³-hybridized carbons (Fsp3) is 0.325. The molecule has 4 aromatic rings. The van der Waals surface area contributed by atoms with Crippen molar-refractivity contribution in [2.45, 2.75) is 51.7 Å². The molecular weight excluding hydrogens is 652 g/mol. The van der Waals surface area contributed by atoms with Crippen molar-refractivity contribution in [3.63, 3.8) is 0 Å². The van der Waals surface area contributed by atoms with Crippen molar-refractivity contribution in [3.8, 4) is 28.7 Å². The Bertz CT molecular complexity index is 1770. The molecule has 1 heterocycles. The van der Waals surface area contributed by atoms with Crippen molar-refractivity contribution in [1.82, 2.24) is 5.32 Å². The topological polar surface area (TPSA) is 148 Å². The maximum Gasteiger partial charge on any atom is 0.255 e. The average Bonchev–Trinajstić information content (AvgIpc) is 3.17. The SMILES string of the molecule is COc1cc(/C=C\c2cc(OC)c(OCCCCCCOc3ccc(C4NC(=O)c5ccccc5N4)cc3CO)c(OC)c2)cc(CO)c1CO. The molecule has 1 amide bonds. The first-order valence-electron chi connectivity index (χ1n) is 16.9. The predicted molar refractivity (Wildman–Crippen MR) is 195 cm³/mol. The number of para-hydroxylation sites is 1. The quantitative estimate of drug-likeness (QED) is 0.0598. The Morgan fingerprint density at radius 1 is 0.647 bits per heavy atom. The molecule has 0 saturated carbocycles. The number of carbonyl (C=O) groups excluding carboxylic acids is 1. The second kappa shape index (κ2) is 18.1. The van der Waals surface area contributed by atoms with Crippen LogP contribution in [0.2, 0.25) is 0 Å². The monoisotopic (exact) mass is 698 g/mol. The predicted octanol–water partition coefficient (Wildman–Crippen LogP) is 6.23. The van der Waals surface area contributed by atoms with E-state index in [-0.39, 0.29) is 25.7 Å². The lowest BCUT2D eigenvalue weighted by Gasteiger charge is -2.28. The molecule has 1 atom stereocenters. The summed E-state index contributed by atoms with van der Waals surface area (Å²) >= 11 is 0. The number of fused-ring (bicyclic) bond motifs is 1. The van der Waals surface area contributed by atoms with E-state index in [1.807, 2.05) is 66.7 Å². The number of hydrogen-bond acceptors (Lipinski definition) is 10. The van der Waals surface area contributed by atoms with Gasteiger partial charge in [0.05, 0.1) is 59.9 Å². The number of ether oxygens (including phenoxy) is 5. The van der Waals surface area contributed by atoms with Crippen LogP contribution in [-0.2, 0) is 19.8 Å². The number of methoxy groups -OCH3 is 3. The highest BCUT2D eigenvalue weighted by Crippen LogP contribution is 2.39. The Morgan fingerprint density at radius 3 is 1.92 bits per heavy atom. The lowest BCUT2D eigenvalue weighted by molar-refractivity contribution is 0.0935. The molecule has 0 bridgehead atoms. The molecule has 51 heavy (non-hydrogen) atoms. The van der Waals surface area contributed by atoms with Gasteiger partial charge in [-0.2, -0.15) is 0 Å². The molecule has 0 radical (unpaired) electrons. The summed E-state index contributed by atoms with van der Waals surface area (Å²) in [5.41, 5.74) is 5.66. The summed E-state index contributed by atoms with van der Waals surface area (Å²) < 4.78 is 28.8. The van der Waals surface area contributed by atoms with Gasteiger partial charge >= 0.3 is 0 Å². The second-order valence-electron chi connectivity index (χ2n) is 12.0. The van der Waals surface area contributed by atoms with Gasteiger partial charge < -0.3 is 49.6 Å². The number of rotatable bonds is 18. The Balaban J connectivity index is 1.09. The van der Waals surface area contributed by atoms with Crippen LogP contribution in [0.25, 0.3) is 12.2 Å². The Morgan fingerprint density at radius 2 is 1.27 bits per heavy atom. The molecule has 1 unspecified atom stereocenters. The van der Waals surface area contributed by atoms with Crippen LogP contribution < -0.4 is 34.3 Å². The normalized spacial score (nSPS) is 13.7. The molecule has 5 rings (SSSR count). The van der Waals surface area contributed by atoms with Crippen LogP contribution in [0.15, 0.2) is 66.7 Å². The number of unbranched alkanes of at least 4 members (excludes halogenated alkanes) is 3. The standard InChI is InChI=1S/C40H46N2O9/c1-47-35-19-26(18-29(23-43)32(35)25-45)12-13-27-20-36(48-2)38(37(21-27)49-3)51-17-9-5-4-8-16-50-34-15-14-28(22-30(34)24-44)39-41-33-11-7-6-10-31(33)40(46)42-39/h6-7,10-15,18-22,39,41,43-45H,4-5,8-9,16-17,23-25H2,1-3H3,(H,42,46)/b13-12-. The molecule has 0 fully saturated rings. The van der Waals surface area contributed by atoms with Gasteiger partial charge in [0, 0.05) is 16.8 Å². The van der Waals surface area contributed by atoms with Crippen molar-refractivity contribution in [2.24, 2.45) is 0 Å². The van der Waals surface area contributed by atoms with Crippen LogP contribution in [0, 0.1) is 0 Å². The largest absolute Gasteiger partial charge is 0.496 e. The highest BCUT2D eigenvalue weighted by atomic mass is 16.5. The smallest absolute Gasteiger partial charge is 0.255 e. The molecule has 11 heteroatoms. The van der Waals surface area contributed by atoms with E-state index in [4.69, 9.17) is 23.7 Å². The van der Waals surface area contributed by atoms with Crippen LogP contribution in [0.1, 0.15) is 75.6 Å². The minimum atomic E-state index is -0.405. The summed E-state index contributed by atoms with van der Waals surface area (Å²) in [6.45, 7) is 0.371. The fourth-order valence-corrected chi connectivity index (χ4v) is 5.99. The van der Waals surface area contributed by atoms with E-state index in [1.54, 1.807) is 26.4 Å². The Labute approximate surface area is 298 Å². The molecule has 0 spiro atoms. The van der Waals surface area contributed by atoms with Gasteiger partial charge in [0.15, 0.2) is 11.5 Å². The number of nitrogens with one attached hydrogen (secondary N) is 2. The maximum absolute atomic E-state index is 12.6. The highest BCUT2D eigenvalue weighted by Gasteiger charge is 2.25. The molecular formula is C40H46N2O9. The molecule has 270 valence electrons. The summed E-state index contributed by atoms with van der Waals surface area (Å²) in [7, 11) is 4.70. The summed E-state index contributed by atoms with van der Waals surface area (Å²) in [5.74, 6) is 2.61. The zero-order valence-electron chi connectivity index (χ0n) is 29.2. The fourth-order valence-electron chi connectivity index (χ4n) is 5.99. The minimum absolute atomic E-state index is 0.144. The van der Waals surface area contributed by atoms with Crippen molar-refractivity contribution in [1.29, 1.82) is 0 Å². The molecule has 0 aliphatic carbocycles. The van der Waals surface area contributed by atoms with Gasteiger partial charge in [0.25, 0.3) is 5.91 Å². The van der Waals surface area contributed by atoms with Crippen LogP contribution in [0.5, 0.6) is 28.7 Å². The number of anilines is 1. The lowest BCUT2D eigenvalue weighted by atomic mass is 10.0. The van der Waals surface area contributed by atoms with Crippen LogP contribution in [0.4, 0.5) is 5.69 Å². The maximum atomic E-state index is 12.6. The first-order valence-corrected chi connectivity index (χ1v) is 16.9. The molecule has 11 nitrogen and oxygen atoms in total. The Kier molecular flexibility index (Phi) is 13.2. The summed E-state index contributed by atoms with van der Waals surface area (Å²) in [5, 5.41) is 35.8. The van der Waals surface area contributed by atoms with E-state index in [0.717, 1.165) is 48.1 Å². The lowest BCUT2D eigenvalue weighted by Crippen LogP contribution is -2.38. The van der Waals surface area contributed by atoms with Gasteiger partial charge in [-0.15, -0.1) is 0 Å². The third-order valence-electron chi connectivity index (χ3n) is 8.70. The van der Waals surface area contributed by atoms with Gasteiger partial charge in [-0.3, -0.25) is 4.79 Å². The van der Waals surface area contributed by atoms with E-state index in [9.17, 15) is 20.1 Å². The molecule has 0 saturated heterocycles. The van der Waals surface area contributed by atoms with Gasteiger partial charge in [0.2, 0.25) is 5.75 Å². The zero-order chi connectivity index (χ0) is 36.2.